The molecule has 0 unspecified atom stereocenters. The molecule has 1 aliphatic rings. The van der Waals surface area contributed by atoms with Gasteiger partial charge in [-0.1, -0.05) is 30.3 Å². The number of rotatable bonds is 7. The number of allylic oxidation sites excluding steroid dienone is 1. The van der Waals surface area contributed by atoms with Crippen LogP contribution in [0.1, 0.15) is 12.5 Å². The van der Waals surface area contributed by atoms with Crippen LogP contribution in [0.3, 0.4) is 0 Å². The van der Waals surface area contributed by atoms with Gasteiger partial charge in [0.25, 0.3) is 0 Å². The van der Waals surface area contributed by atoms with Crippen LogP contribution in [0.25, 0.3) is 5.70 Å². The van der Waals surface area contributed by atoms with Crippen LogP contribution in [0.2, 0.25) is 0 Å². The summed E-state index contributed by atoms with van der Waals surface area (Å²) in [6.07, 6.45) is 1.63. The maximum Gasteiger partial charge on any atom is 0.130 e. The van der Waals surface area contributed by atoms with E-state index in [2.05, 4.69) is 15.8 Å². The Labute approximate surface area is 124 Å². The number of benzene rings is 1. The molecule has 0 saturated carbocycles. The second kappa shape index (κ2) is 7.75. The van der Waals surface area contributed by atoms with Crippen molar-refractivity contribution >= 4 is 12.0 Å². The van der Waals surface area contributed by atoms with Crippen LogP contribution in [0, 0.1) is 0 Å². The van der Waals surface area contributed by atoms with E-state index in [-0.39, 0.29) is 13.2 Å². The minimum Gasteiger partial charge on any atom is -0.395 e. The van der Waals surface area contributed by atoms with Crippen molar-refractivity contribution in [3.63, 3.8) is 0 Å². The number of aliphatic hydroxyl groups is 2. The maximum atomic E-state index is 9.06. The van der Waals surface area contributed by atoms with Crippen molar-refractivity contribution in [3.05, 3.63) is 41.6 Å². The van der Waals surface area contributed by atoms with Gasteiger partial charge in [0.15, 0.2) is 0 Å². The van der Waals surface area contributed by atoms with Crippen LogP contribution in [0.5, 0.6) is 0 Å². The fourth-order valence-electron chi connectivity index (χ4n) is 2.03. The molecule has 1 aliphatic heterocycles. The molecular formula is C14H21N5O2. The minimum atomic E-state index is 0.0154. The van der Waals surface area contributed by atoms with Gasteiger partial charge in [0.1, 0.15) is 12.0 Å². The normalized spacial score (nSPS) is 15.0. The molecule has 1 aromatic rings. The minimum absolute atomic E-state index is 0.0154. The number of nitrogens with one attached hydrogen (secondary N) is 2. The lowest BCUT2D eigenvalue weighted by Gasteiger charge is -2.39. The summed E-state index contributed by atoms with van der Waals surface area (Å²) in [5.41, 5.74) is 8.91. The monoisotopic (exact) mass is 291 g/mol. The van der Waals surface area contributed by atoms with E-state index in [1.54, 1.807) is 16.6 Å². The molecule has 21 heavy (non-hydrogen) atoms. The molecule has 0 saturated heterocycles. The van der Waals surface area contributed by atoms with Gasteiger partial charge >= 0.3 is 0 Å². The standard InChI is InChI=1S/C14H21N5O2/c1-12-14(13-5-3-2-4-6-13)19(17-8-10-21)18(11-15-12)16-7-9-20/h2-6,11,16-17,20-21H,7-10H2,1H3. The van der Waals surface area contributed by atoms with Gasteiger partial charge in [-0.25, -0.2) is 15.8 Å². The number of nitrogens with zero attached hydrogens (tertiary/aromatic N) is 3. The number of aliphatic hydroxyl groups excluding tert-OH is 2. The lowest BCUT2D eigenvalue weighted by atomic mass is 10.1. The summed E-state index contributed by atoms with van der Waals surface area (Å²) < 4.78 is 0. The van der Waals surface area contributed by atoms with Gasteiger partial charge in [-0.15, -0.1) is 0 Å². The Hall–Kier alpha value is -1.93. The van der Waals surface area contributed by atoms with Crippen molar-refractivity contribution in [1.82, 2.24) is 21.1 Å². The Balaban J connectivity index is 2.29. The summed E-state index contributed by atoms with van der Waals surface area (Å²) in [6, 6.07) is 9.88. The van der Waals surface area contributed by atoms with Crippen LogP contribution in [-0.4, -0.2) is 53.1 Å². The number of hydrogen-bond donors (Lipinski definition) is 4. The lowest BCUT2D eigenvalue weighted by Crippen LogP contribution is -2.57. The van der Waals surface area contributed by atoms with Crippen molar-refractivity contribution in [2.45, 2.75) is 6.92 Å². The third-order valence-electron chi connectivity index (χ3n) is 2.94. The van der Waals surface area contributed by atoms with Gasteiger partial charge < -0.3 is 10.2 Å². The summed E-state index contributed by atoms with van der Waals surface area (Å²) in [5.74, 6) is 0. The topological polar surface area (TPSA) is 83.4 Å². The van der Waals surface area contributed by atoms with Gasteiger partial charge in [-0.2, -0.15) is 10.2 Å². The van der Waals surface area contributed by atoms with E-state index >= 15 is 0 Å². The summed E-state index contributed by atoms with van der Waals surface area (Å²) in [6.45, 7) is 2.75. The van der Waals surface area contributed by atoms with E-state index < -0.39 is 0 Å². The first-order chi connectivity index (χ1) is 10.3. The van der Waals surface area contributed by atoms with Gasteiger partial charge in [0.05, 0.1) is 18.9 Å². The number of hydrogen-bond acceptors (Lipinski definition) is 7. The largest absolute Gasteiger partial charge is 0.395 e. The molecule has 1 aromatic carbocycles. The van der Waals surface area contributed by atoms with E-state index in [1.807, 2.05) is 37.3 Å². The van der Waals surface area contributed by atoms with Crippen molar-refractivity contribution in [2.24, 2.45) is 4.99 Å². The van der Waals surface area contributed by atoms with Gasteiger partial charge in [-0.05, 0) is 6.92 Å². The van der Waals surface area contributed by atoms with E-state index in [4.69, 9.17) is 10.2 Å². The van der Waals surface area contributed by atoms with E-state index in [0.717, 1.165) is 17.0 Å². The molecule has 7 heteroatoms. The smallest absolute Gasteiger partial charge is 0.130 e. The van der Waals surface area contributed by atoms with Crippen molar-refractivity contribution in [1.29, 1.82) is 0 Å². The highest BCUT2D eigenvalue weighted by molar-refractivity contribution is 5.73. The van der Waals surface area contributed by atoms with Gasteiger partial charge in [-0.3, -0.25) is 0 Å². The van der Waals surface area contributed by atoms with E-state index in [9.17, 15) is 0 Å². The summed E-state index contributed by atoms with van der Waals surface area (Å²) in [7, 11) is 0. The quantitative estimate of drug-likeness (QED) is 0.563. The van der Waals surface area contributed by atoms with E-state index in [0.29, 0.717) is 13.1 Å². The third kappa shape index (κ3) is 3.79. The zero-order chi connectivity index (χ0) is 15.1. The van der Waals surface area contributed by atoms with Crippen LogP contribution >= 0.6 is 0 Å². The molecule has 1 heterocycles. The average molecular weight is 291 g/mol. The Bertz CT molecular complexity index is 503. The third-order valence-corrected chi connectivity index (χ3v) is 2.94. The Morgan fingerprint density at radius 1 is 1.05 bits per heavy atom. The highest BCUT2D eigenvalue weighted by Gasteiger charge is 2.23. The fourth-order valence-corrected chi connectivity index (χ4v) is 2.03. The lowest BCUT2D eigenvalue weighted by molar-refractivity contribution is 0.00655. The highest BCUT2D eigenvalue weighted by Crippen LogP contribution is 2.25. The van der Waals surface area contributed by atoms with Crippen LogP contribution in [0.4, 0.5) is 0 Å². The molecule has 2 rings (SSSR count). The fraction of sp³-hybridized carbons (Fsp3) is 0.357. The molecule has 114 valence electrons. The molecule has 0 bridgehead atoms. The first-order valence-corrected chi connectivity index (χ1v) is 6.86. The summed E-state index contributed by atoms with van der Waals surface area (Å²) in [4.78, 5) is 4.37. The summed E-state index contributed by atoms with van der Waals surface area (Å²) in [5, 5.41) is 21.5. The molecular weight excluding hydrogens is 270 g/mol. The van der Waals surface area contributed by atoms with Gasteiger partial charge in [0.2, 0.25) is 0 Å². The van der Waals surface area contributed by atoms with Crippen LogP contribution < -0.4 is 10.9 Å². The SMILES string of the molecule is CC1=C(c2ccccc2)N(NCCO)N(NCCO)C=N1. The van der Waals surface area contributed by atoms with Gasteiger partial charge in [0, 0.05) is 18.7 Å². The Kier molecular flexibility index (Phi) is 5.70. The molecule has 0 fully saturated rings. The van der Waals surface area contributed by atoms with E-state index in [1.165, 1.54) is 0 Å². The number of hydrazine groups is 3. The molecule has 0 spiro atoms. The van der Waals surface area contributed by atoms with Crippen molar-refractivity contribution < 1.29 is 10.2 Å². The zero-order valence-electron chi connectivity index (χ0n) is 12.0. The van der Waals surface area contributed by atoms with Crippen LogP contribution in [-0.2, 0) is 0 Å². The molecule has 0 aromatic heterocycles. The zero-order valence-corrected chi connectivity index (χ0v) is 12.0. The molecule has 7 nitrogen and oxygen atoms in total. The average Bonchev–Trinajstić information content (AvgIpc) is 2.52. The van der Waals surface area contributed by atoms with Crippen molar-refractivity contribution in [2.75, 3.05) is 26.3 Å². The first-order valence-electron chi connectivity index (χ1n) is 6.86. The molecule has 0 atom stereocenters. The maximum absolute atomic E-state index is 9.06. The predicted octanol–water partition coefficient (Wildman–Crippen LogP) is -0.0702. The summed E-state index contributed by atoms with van der Waals surface area (Å²) >= 11 is 0. The molecule has 0 aliphatic carbocycles. The second-order valence-electron chi connectivity index (χ2n) is 4.46. The second-order valence-corrected chi connectivity index (χ2v) is 4.46. The molecule has 0 amide bonds. The van der Waals surface area contributed by atoms with Crippen LogP contribution in [0.15, 0.2) is 41.0 Å². The molecule has 4 N–H and O–H groups in total. The highest BCUT2D eigenvalue weighted by atomic mass is 16.3. The van der Waals surface area contributed by atoms with Crippen molar-refractivity contribution in [3.8, 4) is 0 Å². The molecule has 0 radical (unpaired) electrons. The Morgan fingerprint density at radius 2 is 1.71 bits per heavy atom. The Morgan fingerprint density at radius 3 is 2.38 bits per heavy atom. The predicted molar refractivity (Wildman–Crippen MR) is 81.4 cm³/mol. The first kappa shape index (κ1) is 15.5. The number of aliphatic imine (C=N–C) groups is 1.